The van der Waals surface area contributed by atoms with E-state index in [2.05, 4.69) is 75.9 Å². The van der Waals surface area contributed by atoms with Gasteiger partial charge in [-0.2, -0.15) is 39.7 Å². The zero-order valence-corrected chi connectivity index (χ0v) is 40.5. The molecule has 306 valence electrons. The first-order chi connectivity index (χ1) is 25.8. The summed E-state index contributed by atoms with van der Waals surface area (Å²) in [7, 11) is 0.257. The molecule has 2 aliphatic heterocycles. The average molecular weight is 859 g/mol. The second kappa shape index (κ2) is 16.0. The smallest absolute Gasteiger partial charge is 0.314 e. The average Bonchev–Trinajstić information content (AvgIpc) is 3.83. The summed E-state index contributed by atoms with van der Waals surface area (Å²) < 4.78 is 0. The molecule has 2 heterocycles. The first-order valence-corrected chi connectivity index (χ1v) is 31.8. The van der Waals surface area contributed by atoms with Gasteiger partial charge in [-0.3, -0.25) is 0 Å². The molecule has 8 aliphatic carbocycles. The quantitative estimate of drug-likeness (QED) is 0.117. The number of piperazine rings is 2. The van der Waals surface area contributed by atoms with E-state index in [-0.39, 0.29) is 30.1 Å². The van der Waals surface area contributed by atoms with Crippen molar-refractivity contribution in [2.45, 2.75) is 150 Å². The molecule has 8 bridgehead atoms. The molecule has 4 N–H and O–H groups in total. The minimum absolute atomic E-state index is 0. The maximum atomic E-state index is 4.14. The van der Waals surface area contributed by atoms with Crippen molar-refractivity contribution >= 4 is 43.7 Å². The first kappa shape index (κ1) is 42.1. The molecule has 3 unspecified atom stereocenters. The van der Waals surface area contributed by atoms with Crippen LogP contribution in [0.15, 0.2) is 36.4 Å². The summed E-state index contributed by atoms with van der Waals surface area (Å²) in [6, 6.07) is 13.7. The molecule has 9 heteroatoms. The Kier molecular flexibility index (Phi) is 12.2. The SMILES string of the molecule is C[Si](C)(C)c1cc(C(P)(C2CNCCN2)C2CNCCN2)c(CP(C23CC4CC(CC(C4)C2)C3)C23CC4CC(CC(C4)C2)C3)[c-]1[Si](C)(C)C.[Fe+2].c1cc[cH-]c1. The van der Waals surface area contributed by atoms with Crippen molar-refractivity contribution in [1.82, 2.24) is 21.3 Å². The molecular weight excluding hydrogens is 782 g/mol. The van der Waals surface area contributed by atoms with Gasteiger partial charge in [-0.15, -0.1) is 9.24 Å². The van der Waals surface area contributed by atoms with Crippen LogP contribution in [0.4, 0.5) is 0 Å². The van der Waals surface area contributed by atoms with Crippen LogP contribution in [0.5, 0.6) is 0 Å². The monoisotopic (exact) mass is 858 g/mol. The van der Waals surface area contributed by atoms with E-state index in [1.54, 1.807) is 82.6 Å². The van der Waals surface area contributed by atoms with Crippen LogP contribution < -0.4 is 31.6 Å². The molecule has 0 radical (unpaired) electrons. The summed E-state index contributed by atoms with van der Waals surface area (Å²) in [4.78, 5) is 0. The molecule has 2 aromatic carbocycles. The van der Waals surface area contributed by atoms with Crippen molar-refractivity contribution < 1.29 is 17.1 Å². The fourth-order valence-electron chi connectivity index (χ4n) is 15.3. The van der Waals surface area contributed by atoms with Crippen molar-refractivity contribution in [2.75, 3.05) is 39.3 Å². The maximum Gasteiger partial charge on any atom is 2.00 e. The summed E-state index contributed by atoms with van der Waals surface area (Å²) in [6.45, 7) is 22.6. The summed E-state index contributed by atoms with van der Waals surface area (Å²) in [6.07, 6.45) is 20.6. The molecule has 2 saturated heterocycles. The third kappa shape index (κ3) is 7.90. The molecule has 0 amide bonds. The Hall–Kier alpha value is 0.353. The number of nitrogens with one attached hydrogen (secondary N) is 4. The van der Waals surface area contributed by atoms with E-state index < -0.39 is 16.1 Å². The van der Waals surface area contributed by atoms with Crippen LogP contribution in [-0.2, 0) is 28.4 Å². The van der Waals surface area contributed by atoms with E-state index in [0.29, 0.717) is 22.4 Å². The zero-order valence-electron chi connectivity index (χ0n) is 35.4. The molecule has 8 saturated carbocycles. The summed E-state index contributed by atoms with van der Waals surface area (Å²) >= 11 is 0. The maximum absolute atomic E-state index is 4.14. The van der Waals surface area contributed by atoms with Gasteiger partial charge in [-0.25, -0.2) is 18.2 Å². The van der Waals surface area contributed by atoms with Gasteiger partial charge in [-0.1, -0.05) is 47.2 Å². The summed E-state index contributed by atoms with van der Waals surface area (Å²) in [5.74, 6) is 6.30. The Bertz CT molecular complexity index is 1450. The zero-order chi connectivity index (χ0) is 37.5. The van der Waals surface area contributed by atoms with Crippen LogP contribution >= 0.6 is 17.2 Å². The molecule has 55 heavy (non-hydrogen) atoms. The van der Waals surface area contributed by atoms with Crippen molar-refractivity contribution in [2.24, 2.45) is 35.5 Å². The Morgan fingerprint density at radius 1 is 0.709 bits per heavy atom. The third-order valence-electron chi connectivity index (χ3n) is 16.5. The first-order valence-electron chi connectivity index (χ1n) is 22.7. The van der Waals surface area contributed by atoms with E-state index >= 15 is 0 Å². The fourth-order valence-corrected chi connectivity index (χ4v) is 27.1. The van der Waals surface area contributed by atoms with Crippen molar-refractivity contribution in [1.29, 1.82) is 0 Å². The molecule has 10 fully saturated rings. The minimum Gasteiger partial charge on any atom is -0.314 e. The molecule has 12 rings (SSSR count). The van der Waals surface area contributed by atoms with Crippen LogP contribution in [0, 0.1) is 35.5 Å². The Morgan fingerprint density at radius 2 is 1.13 bits per heavy atom. The van der Waals surface area contributed by atoms with Gasteiger partial charge < -0.3 is 21.3 Å². The topological polar surface area (TPSA) is 48.1 Å². The molecular formula is C46H76FeN4P2Si2. The van der Waals surface area contributed by atoms with E-state index in [9.17, 15) is 0 Å². The van der Waals surface area contributed by atoms with Crippen molar-refractivity contribution in [3.8, 4) is 0 Å². The van der Waals surface area contributed by atoms with Gasteiger partial charge in [0.25, 0.3) is 0 Å². The Morgan fingerprint density at radius 3 is 1.44 bits per heavy atom. The Balaban J connectivity index is 0.000000661. The number of rotatable bonds is 9. The molecule has 4 nitrogen and oxygen atoms in total. The normalized spacial score (nSPS) is 39.5. The Labute approximate surface area is 352 Å². The van der Waals surface area contributed by atoms with Gasteiger partial charge in [-0.05, 0) is 134 Å². The largest absolute Gasteiger partial charge is 2.00 e. The number of hydrogen-bond donors (Lipinski definition) is 4. The predicted octanol–water partition coefficient (Wildman–Crippen LogP) is 8.01. The van der Waals surface area contributed by atoms with Crippen molar-refractivity contribution in [3.63, 3.8) is 0 Å². The van der Waals surface area contributed by atoms with Gasteiger partial charge in [0, 0.05) is 59.4 Å². The molecule has 0 spiro atoms. The second-order valence-corrected chi connectivity index (χ2v) is 36.6. The van der Waals surface area contributed by atoms with Crippen LogP contribution in [0.1, 0.15) is 88.2 Å². The van der Waals surface area contributed by atoms with Gasteiger partial charge in [0.15, 0.2) is 0 Å². The van der Waals surface area contributed by atoms with Crippen LogP contribution in [0.3, 0.4) is 0 Å². The third-order valence-corrected chi connectivity index (χ3v) is 25.9. The van der Waals surface area contributed by atoms with Crippen LogP contribution in [-0.4, -0.2) is 77.8 Å². The minimum atomic E-state index is -1.67. The van der Waals surface area contributed by atoms with Gasteiger partial charge >= 0.3 is 17.1 Å². The van der Waals surface area contributed by atoms with E-state index in [4.69, 9.17) is 0 Å². The van der Waals surface area contributed by atoms with E-state index in [0.717, 1.165) is 74.8 Å². The van der Waals surface area contributed by atoms with Gasteiger partial charge in [0.1, 0.15) is 0 Å². The van der Waals surface area contributed by atoms with Crippen molar-refractivity contribution in [3.05, 3.63) is 47.5 Å². The predicted molar refractivity (Wildman–Crippen MR) is 243 cm³/mol. The molecule has 2 aromatic rings. The standard InChI is InChI=1S/C41H71N4P2Si2.C5H5.Fe/c1-48(2,3)35-17-34(41(46,36-24-42-7-9-44-36)37-25-43-8-10-45-37)33(38(35)49(4,5)6)26-47(39-18-27-11-28(19-39)13-29(12-27)20-39)40-21-30-14-31(22-40)16-32(15-30)23-40;1-2-4-5-3-1;/h17,27-32,36-37,42-45H,7-16,18-26,46H2,1-6H3;1-5H;/q2*-1;+2. The molecule has 3 atom stereocenters. The molecule has 0 aromatic heterocycles. The fraction of sp³-hybridized carbons (Fsp3) is 0.783. The van der Waals surface area contributed by atoms with Gasteiger partial charge in [0.2, 0.25) is 0 Å². The molecule has 10 aliphatic rings. The second-order valence-electron chi connectivity index (χ2n) is 22.5. The van der Waals surface area contributed by atoms with Crippen LogP contribution in [0.2, 0.25) is 39.3 Å². The number of hydrogen-bond acceptors (Lipinski definition) is 4. The van der Waals surface area contributed by atoms with Gasteiger partial charge in [0.05, 0.1) is 8.07 Å². The summed E-state index contributed by atoms with van der Waals surface area (Å²) in [5.41, 5.74) is 3.71. The van der Waals surface area contributed by atoms with E-state index in [1.165, 1.54) is 6.16 Å². The van der Waals surface area contributed by atoms with E-state index in [1.807, 2.05) is 46.3 Å². The van der Waals surface area contributed by atoms with Crippen LogP contribution in [0.25, 0.3) is 0 Å². The summed E-state index contributed by atoms with van der Waals surface area (Å²) in [5, 5.41) is 21.1.